The van der Waals surface area contributed by atoms with Crippen LogP contribution >= 0.6 is 0 Å². The molecule has 116 valence electrons. The Bertz CT molecular complexity index is 501. The van der Waals surface area contributed by atoms with Gasteiger partial charge < -0.3 is 20.3 Å². The highest BCUT2D eigenvalue weighted by atomic mass is 16.5. The summed E-state index contributed by atoms with van der Waals surface area (Å²) in [7, 11) is 0. The molecule has 1 aromatic carbocycles. The predicted molar refractivity (Wildman–Crippen MR) is 81.5 cm³/mol. The molecular weight excluding hydrogens is 266 g/mol. The molecule has 21 heavy (non-hydrogen) atoms. The van der Waals surface area contributed by atoms with Gasteiger partial charge in [0, 0.05) is 12.0 Å². The van der Waals surface area contributed by atoms with Crippen LogP contribution in [0, 0.1) is 5.92 Å². The van der Waals surface area contributed by atoms with Crippen molar-refractivity contribution in [3.05, 3.63) is 23.8 Å². The van der Waals surface area contributed by atoms with Crippen LogP contribution in [0.4, 0.5) is 0 Å². The molecule has 0 bridgehead atoms. The van der Waals surface area contributed by atoms with E-state index < -0.39 is 5.60 Å². The zero-order valence-corrected chi connectivity index (χ0v) is 12.6. The first-order chi connectivity index (χ1) is 10.1. The molecule has 0 radical (unpaired) electrons. The van der Waals surface area contributed by atoms with Crippen molar-refractivity contribution in [2.75, 3.05) is 13.2 Å². The lowest BCUT2D eigenvalue weighted by atomic mass is 9.67. The maximum absolute atomic E-state index is 10.9. The molecule has 1 aliphatic carbocycles. The van der Waals surface area contributed by atoms with Crippen molar-refractivity contribution in [1.82, 2.24) is 5.32 Å². The molecule has 1 aromatic rings. The van der Waals surface area contributed by atoms with Gasteiger partial charge in [-0.05, 0) is 50.4 Å². The SMILES string of the molecule is CCOc1cc([C@@H]2NCC[C@@]3(O)CCCC[C@@H]23)ccc1O. The minimum absolute atomic E-state index is 0.142. The highest BCUT2D eigenvalue weighted by Gasteiger charge is 2.45. The Labute approximate surface area is 126 Å². The highest BCUT2D eigenvalue weighted by Crippen LogP contribution is 2.46. The van der Waals surface area contributed by atoms with Gasteiger partial charge >= 0.3 is 0 Å². The molecule has 1 saturated carbocycles. The number of rotatable bonds is 3. The Hall–Kier alpha value is -1.26. The molecule has 3 N–H and O–H groups in total. The first-order valence-electron chi connectivity index (χ1n) is 8.05. The van der Waals surface area contributed by atoms with E-state index in [9.17, 15) is 10.2 Å². The molecule has 2 fully saturated rings. The molecule has 4 heteroatoms. The van der Waals surface area contributed by atoms with E-state index in [1.165, 1.54) is 6.42 Å². The average Bonchev–Trinajstić information content (AvgIpc) is 2.48. The van der Waals surface area contributed by atoms with Crippen LogP contribution in [0.3, 0.4) is 0 Å². The summed E-state index contributed by atoms with van der Waals surface area (Å²) in [5.74, 6) is 0.955. The second-order valence-electron chi connectivity index (χ2n) is 6.30. The maximum Gasteiger partial charge on any atom is 0.161 e. The van der Waals surface area contributed by atoms with Crippen LogP contribution < -0.4 is 10.1 Å². The minimum Gasteiger partial charge on any atom is -0.504 e. The lowest BCUT2D eigenvalue weighted by Crippen LogP contribution is -2.53. The molecule has 0 amide bonds. The number of fused-ring (bicyclic) bond motifs is 1. The number of phenolic OH excluding ortho intramolecular Hbond substituents is 1. The van der Waals surface area contributed by atoms with Gasteiger partial charge in [0.1, 0.15) is 0 Å². The molecular formula is C17H25NO3. The van der Waals surface area contributed by atoms with Crippen LogP contribution in [0.25, 0.3) is 0 Å². The number of aromatic hydroxyl groups is 1. The predicted octanol–water partition coefficient (Wildman–Crippen LogP) is 2.75. The number of nitrogens with one attached hydrogen (secondary N) is 1. The van der Waals surface area contributed by atoms with E-state index in [-0.39, 0.29) is 17.7 Å². The number of hydrogen-bond donors (Lipinski definition) is 3. The third kappa shape index (κ3) is 2.74. The molecule has 2 aliphatic rings. The number of ether oxygens (including phenoxy) is 1. The summed E-state index contributed by atoms with van der Waals surface area (Å²) in [4.78, 5) is 0. The van der Waals surface area contributed by atoms with Gasteiger partial charge in [-0.15, -0.1) is 0 Å². The van der Waals surface area contributed by atoms with Crippen LogP contribution in [-0.2, 0) is 0 Å². The van der Waals surface area contributed by atoms with Gasteiger partial charge in [-0.25, -0.2) is 0 Å². The standard InChI is InChI=1S/C17H25NO3/c1-2-21-15-11-12(6-7-14(15)19)16-13-5-3-4-8-17(13,20)9-10-18-16/h6-7,11,13,16,18-20H,2-5,8-10H2,1H3/t13-,16-,17-/m0/s1. The zero-order chi connectivity index (χ0) is 14.9. The normalized spacial score (nSPS) is 32.5. The lowest BCUT2D eigenvalue weighted by molar-refractivity contribution is -0.0861. The molecule has 3 atom stereocenters. The van der Waals surface area contributed by atoms with Crippen molar-refractivity contribution < 1.29 is 14.9 Å². The quantitative estimate of drug-likeness (QED) is 0.801. The van der Waals surface area contributed by atoms with Gasteiger partial charge in [0.15, 0.2) is 11.5 Å². The van der Waals surface area contributed by atoms with E-state index >= 15 is 0 Å². The fourth-order valence-corrected chi connectivity index (χ4v) is 3.97. The highest BCUT2D eigenvalue weighted by molar-refractivity contribution is 5.43. The van der Waals surface area contributed by atoms with Crippen molar-refractivity contribution in [2.24, 2.45) is 5.92 Å². The van der Waals surface area contributed by atoms with E-state index in [0.29, 0.717) is 12.4 Å². The summed E-state index contributed by atoms with van der Waals surface area (Å²) in [6.07, 6.45) is 5.11. The van der Waals surface area contributed by atoms with E-state index in [0.717, 1.165) is 37.8 Å². The molecule has 4 nitrogen and oxygen atoms in total. The van der Waals surface area contributed by atoms with Crippen molar-refractivity contribution in [2.45, 2.75) is 50.7 Å². The third-order valence-corrected chi connectivity index (χ3v) is 5.03. The Morgan fingerprint density at radius 3 is 3.00 bits per heavy atom. The van der Waals surface area contributed by atoms with Gasteiger partial charge in [0.25, 0.3) is 0 Å². The Kier molecular flexibility index (Phi) is 4.09. The molecule has 1 heterocycles. The Balaban J connectivity index is 1.89. The minimum atomic E-state index is -0.530. The van der Waals surface area contributed by atoms with Crippen LogP contribution in [0.2, 0.25) is 0 Å². The van der Waals surface area contributed by atoms with Crippen LogP contribution in [-0.4, -0.2) is 29.0 Å². The number of phenols is 1. The van der Waals surface area contributed by atoms with Gasteiger partial charge in [0.05, 0.1) is 12.2 Å². The summed E-state index contributed by atoms with van der Waals surface area (Å²) >= 11 is 0. The first kappa shape index (κ1) is 14.7. The fourth-order valence-electron chi connectivity index (χ4n) is 3.97. The Morgan fingerprint density at radius 1 is 1.33 bits per heavy atom. The second kappa shape index (κ2) is 5.85. The topological polar surface area (TPSA) is 61.7 Å². The Morgan fingerprint density at radius 2 is 2.19 bits per heavy atom. The average molecular weight is 291 g/mol. The second-order valence-corrected chi connectivity index (χ2v) is 6.30. The number of hydrogen-bond acceptors (Lipinski definition) is 4. The van der Waals surface area contributed by atoms with Crippen LogP contribution in [0.1, 0.15) is 50.6 Å². The number of piperidine rings is 1. The van der Waals surface area contributed by atoms with Crippen LogP contribution in [0.5, 0.6) is 11.5 Å². The van der Waals surface area contributed by atoms with E-state index in [2.05, 4.69) is 5.32 Å². The summed E-state index contributed by atoms with van der Waals surface area (Å²) < 4.78 is 5.49. The molecule has 3 rings (SSSR count). The third-order valence-electron chi connectivity index (χ3n) is 5.03. The van der Waals surface area contributed by atoms with Crippen LogP contribution in [0.15, 0.2) is 18.2 Å². The van der Waals surface area contributed by atoms with E-state index in [1.807, 2.05) is 19.1 Å². The zero-order valence-electron chi connectivity index (χ0n) is 12.6. The van der Waals surface area contributed by atoms with Gasteiger partial charge in [-0.3, -0.25) is 0 Å². The summed E-state index contributed by atoms with van der Waals surface area (Å²) in [6, 6.07) is 5.69. The van der Waals surface area contributed by atoms with Crippen molar-refractivity contribution >= 4 is 0 Å². The largest absolute Gasteiger partial charge is 0.504 e. The lowest BCUT2D eigenvalue weighted by Gasteiger charge is -2.48. The van der Waals surface area contributed by atoms with E-state index in [4.69, 9.17) is 4.74 Å². The first-order valence-corrected chi connectivity index (χ1v) is 8.05. The van der Waals surface area contributed by atoms with E-state index in [1.54, 1.807) is 6.07 Å². The molecule has 0 aromatic heterocycles. The van der Waals surface area contributed by atoms with Gasteiger partial charge in [0.2, 0.25) is 0 Å². The van der Waals surface area contributed by atoms with Crippen molar-refractivity contribution in [3.8, 4) is 11.5 Å². The van der Waals surface area contributed by atoms with Gasteiger partial charge in [-0.1, -0.05) is 18.9 Å². The van der Waals surface area contributed by atoms with Gasteiger partial charge in [-0.2, -0.15) is 0 Å². The summed E-state index contributed by atoms with van der Waals surface area (Å²) in [5.41, 5.74) is 0.568. The molecule has 0 unspecified atom stereocenters. The molecule has 0 spiro atoms. The van der Waals surface area contributed by atoms with Crippen molar-refractivity contribution in [3.63, 3.8) is 0 Å². The fraction of sp³-hybridized carbons (Fsp3) is 0.647. The smallest absolute Gasteiger partial charge is 0.161 e. The monoisotopic (exact) mass is 291 g/mol. The summed E-state index contributed by atoms with van der Waals surface area (Å²) in [5, 5.41) is 24.3. The number of aliphatic hydroxyl groups is 1. The maximum atomic E-state index is 10.9. The molecule has 1 aliphatic heterocycles. The summed E-state index contributed by atoms with van der Waals surface area (Å²) in [6.45, 7) is 3.27. The number of benzene rings is 1. The molecule has 1 saturated heterocycles. The van der Waals surface area contributed by atoms with Crippen molar-refractivity contribution in [1.29, 1.82) is 0 Å².